The number of benzene rings is 2. The van der Waals surface area contributed by atoms with Crippen molar-refractivity contribution in [1.82, 2.24) is 4.90 Å². The molecule has 0 saturated carbocycles. The highest BCUT2D eigenvalue weighted by Gasteiger charge is 2.46. The molecule has 0 N–H and O–H groups in total. The van der Waals surface area contributed by atoms with Crippen molar-refractivity contribution in [2.45, 2.75) is 24.4 Å². The van der Waals surface area contributed by atoms with Crippen molar-refractivity contribution in [3.05, 3.63) is 64.7 Å². The second-order valence-electron chi connectivity index (χ2n) is 6.98. The van der Waals surface area contributed by atoms with Crippen LogP contribution in [-0.4, -0.2) is 49.2 Å². The van der Waals surface area contributed by atoms with Crippen molar-refractivity contribution in [3.8, 4) is 5.75 Å². The van der Waals surface area contributed by atoms with Gasteiger partial charge >= 0.3 is 0 Å². The molecule has 2 heterocycles. The predicted octanol–water partition coefficient (Wildman–Crippen LogP) is 3.62. The Bertz CT molecular complexity index is 993. The standard InChI is InChI=1S/C20H21ClN2O3S2/c1-26-19-5-3-2-4-15(19)10-23-18-13-28(24,25)12-17(18)22-20(23)27-11-14-6-8-16(21)9-7-14/h2-9,17-18H,10-13H2,1H3/t17-,18-/m0/s1. The van der Waals surface area contributed by atoms with Crippen molar-refractivity contribution in [3.63, 3.8) is 0 Å². The van der Waals surface area contributed by atoms with E-state index in [9.17, 15) is 8.42 Å². The van der Waals surface area contributed by atoms with E-state index in [-0.39, 0.29) is 23.6 Å². The minimum absolute atomic E-state index is 0.109. The summed E-state index contributed by atoms with van der Waals surface area (Å²) in [7, 11) is -1.40. The van der Waals surface area contributed by atoms with Crippen LogP contribution in [0.3, 0.4) is 0 Å². The van der Waals surface area contributed by atoms with Crippen LogP contribution in [0.4, 0.5) is 0 Å². The van der Waals surface area contributed by atoms with Crippen LogP contribution >= 0.6 is 23.4 Å². The third-order valence-corrected chi connectivity index (χ3v) is 8.06. The summed E-state index contributed by atoms with van der Waals surface area (Å²) in [5, 5.41) is 1.61. The van der Waals surface area contributed by atoms with Gasteiger partial charge in [0, 0.05) is 22.9 Å². The lowest BCUT2D eigenvalue weighted by Crippen LogP contribution is -2.38. The van der Waals surface area contributed by atoms with Gasteiger partial charge < -0.3 is 9.64 Å². The molecule has 1 fully saturated rings. The maximum Gasteiger partial charge on any atom is 0.160 e. The highest BCUT2D eigenvalue weighted by Crippen LogP contribution is 2.34. The lowest BCUT2D eigenvalue weighted by Gasteiger charge is -2.27. The molecule has 5 nitrogen and oxygen atoms in total. The van der Waals surface area contributed by atoms with Crippen LogP contribution in [-0.2, 0) is 22.1 Å². The SMILES string of the molecule is COc1ccccc1CN1C(SCc2ccc(Cl)cc2)=N[C@H]2CS(=O)(=O)C[C@@H]21. The van der Waals surface area contributed by atoms with E-state index in [0.717, 1.165) is 27.8 Å². The minimum atomic E-state index is -3.05. The number of sulfone groups is 1. The van der Waals surface area contributed by atoms with Gasteiger partial charge in [-0.15, -0.1) is 0 Å². The van der Waals surface area contributed by atoms with Crippen molar-refractivity contribution < 1.29 is 13.2 Å². The first-order chi connectivity index (χ1) is 13.4. The molecule has 2 aliphatic rings. The minimum Gasteiger partial charge on any atom is -0.496 e. The molecule has 1 saturated heterocycles. The summed E-state index contributed by atoms with van der Waals surface area (Å²) in [6.45, 7) is 0.577. The Morgan fingerprint density at radius 2 is 1.93 bits per heavy atom. The van der Waals surface area contributed by atoms with Crippen molar-refractivity contribution in [2.75, 3.05) is 18.6 Å². The Morgan fingerprint density at radius 3 is 2.68 bits per heavy atom. The monoisotopic (exact) mass is 436 g/mol. The molecule has 28 heavy (non-hydrogen) atoms. The van der Waals surface area contributed by atoms with Gasteiger partial charge in [0.1, 0.15) is 5.75 Å². The summed E-state index contributed by atoms with van der Waals surface area (Å²) in [5.74, 6) is 1.84. The molecular formula is C20H21ClN2O3S2. The largest absolute Gasteiger partial charge is 0.496 e. The average molecular weight is 437 g/mol. The number of halogens is 1. The molecule has 0 aromatic heterocycles. The molecule has 148 valence electrons. The van der Waals surface area contributed by atoms with E-state index < -0.39 is 9.84 Å². The summed E-state index contributed by atoms with van der Waals surface area (Å²) >= 11 is 7.60. The first kappa shape index (κ1) is 19.6. The number of aliphatic imine (C=N–C) groups is 1. The lowest BCUT2D eigenvalue weighted by atomic mass is 10.1. The smallest absolute Gasteiger partial charge is 0.160 e. The Morgan fingerprint density at radius 1 is 1.18 bits per heavy atom. The summed E-state index contributed by atoms with van der Waals surface area (Å²) in [6, 6.07) is 15.3. The molecule has 2 aromatic rings. The van der Waals surface area contributed by atoms with Gasteiger partial charge in [-0.05, 0) is 23.8 Å². The zero-order valence-electron chi connectivity index (χ0n) is 15.4. The van der Waals surface area contributed by atoms with Gasteiger partial charge in [0.25, 0.3) is 0 Å². The van der Waals surface area contributed by atoms with E-state index in [1.54, 1.807) is 18.9 Å². The fraction of sp³-hybridized carbons (Fsp3) is 0.350. The lowest BCUT2D eigenvalue weighted by molar-refractivity contribution is 0.332. The van der Waals surface area contributed by atoms with E-state index in [1.807, 2.05) is 48.5 Å². The van der Waals surface area contributed by atoms with E-state index >= 15 is 0 Å². The van der Waals surface area contributed by atoms with Crippen molar-refractivity contribution >= 4 is 38.4 Å². The number of methoxy groups -OCH3 is 1. The number of nitrogens with zero attached hydrogens (tertiary/aromatic N) is 2. The average Bonchev–Trinajstić information content (AvgIpc) is 3.14. The fourth-order valence-electron chi connectivity index (χ4n) is 3.64. The topological polar surface area (TPSA) is 59.0 Å². The van der Waals surface area contributed by atoms with Gasteiger partial charge in [-0.2, -0.15) is 0 Å². The number of amidine groups is 1. The number of hydrogen-bond donors (Lipinski definition) is 0. The van der Waals surface area contributed by atoms with Gasteiger partial charge in [-0.1, -0.05) is 53.7 Å². The summed E-state index contributed by atoms with van der Waals surface area (Å²) in [5.41, 5.74) is 2.17. The summed E-state index contributed by atoms with van der Waals surface area (Å²) < 4.78 is 29.8. The van der Waals surface area contributed by atoms with Crippen LogP contribution in [0.1, 0.15) is 11.1 Å². The molecule has 2 aromatic carbocycles. The number of hydrogen-bond acceptors (Lipinski definition) is 6. The van der Waals surface area contributed by atoms with Crippen molar-refractivity contribution in [2.24, 2.45) is 4.99 Å². The highest BCUT2D eigenvalue weighted by atomic mass is 35.5. The highest BCUT2D eigenvalue weighted by molar-refractivity contribution is 8.13. The molecule has 0 bridgehead atoms. The molecule has 0 radical (unpaired) electrons. The Labute approximate surface area is 174 Å². The molecule has 0 spiro atoms. The molecule has 8 heteroatoms. The second kappa shape index (κ2) is 7.97. The molecule has 2 aliphatic heterocycles. The van der Waals surface area contributed by atoms with Crippen LogP contribution < -0.4 is 4.74 Å². The van der Waals surface area contributed by atoms with Crippen LogP contribution in [0.15, 0.2) is 53.5 Å². The third kappa shape index (κ3) is 4.16. The number of para-hydroxylation sites is 1. The Hall–Kier alpha value is -1.70. The van der Waals surface area contributed by atoms with Gasteiger partial charge in [0.15, 0.2) is 15.0 Å². The molecule has 0 amide bonds. The molecule has 0 aliphatic carbocycles. The van der Waals surface area contributed by atoms with E-state index in [2.05, 4.69) is 4.90 Å². The third-order valence-electron chi connectivity index (χ3n) is 5.03. The van der Waals surface area contributed by atoms with Crippen molar-refractivity contribution in [1.29, 1.82) is 0 Å². The summed E-state index contributed by atoms with van der Waals surface area (Å²) in [4.78, 5) is 6.90. The first-order valence-corrected chi connectivity index (χ1v) is 12.2. The van der Waals surface area contributed by atoms with Crippen LogP contribution in [0, 0.1) is 0 Å². The number of thioether (sulfide) groups is 1. The van der Waals surface area contributed by atoms with Gasteiger partial charge in [-0.25, -0.2) is 8.42 Å². The maximum absolute atomic E-state index is 12.1. The van der Waals surface area contributed by atoms with Gasteiger partial charge in [0.05, 0.1) is 30.7 Å². The summed E-state index contributed by atoms with van der Waals surface area (Å²) in [6.07, 6.45) is 0. The molecule has 2 atom stereocenters. The molecule has 0 unspecified atom stereocenters. The van der Waals surface area contributed by atoms with E-state index in [0.29, 0.717) is 11.6 Å². The zero-order valence-corrected chi connectivity index (χ0v) is 17.8. The van der Waals surface area contributed by atoms with Crippen LogP contribution in [0.25, 0.3) is 0 Å². The van der Waals surface area contributed by atoms with Gasteiger partial charge in [-0.3, -0.25) is 4.99 Å². The van der Waals surface area contributed by atoms with E-state index in [1.165, 1.54) is 0 Å². The normalized spacial score (nSPS) is 22.8. The van der Waals surface area contributed by atoms with Gasteiger partial charge in [0.2, 0.25) is 0 Å². The predicted molar refractivity (Wildman–Crippen MR) is 115 cm³/mol. The molecular weight excluding hydrogens is 416 g/mol. The second-order valence-corrected chi connectivity index (χ2v) is 10.5. The zero-order chi connectivity index (χ0) is 19.7. The number of rotatable bonds is 5. The Balaban J connectivity index is 1.56. The number of fused-ring (bicyclic) bond motifs is 1. The first-order valence-electron chi connectivity index (χ1n) is 8.99. The quantitative estimate of drug-likeness (QED) is 0.716. The fourth-order valence-corrected chi connectivity index (χ4v) is 6.71. The van der Waals surface area contributed by atoms with Crippen LogP contribution in [0.5, 0.6) is 5.75 Å². The number of ether oxygens (including phenoxy) is 1. The van der Waals surface area contributed by atoms with E-state index in [4.69, 9.17) is 21.3 Å². The maximum atomic E-state index is 12.1. The molecule has 4 rings (SSSR count). The van der Waals surface area contributed by atoms with Crippen LogP contribution in [0.2, 0.25) is 5.02 Å². The Kier molecular flexibility index (Phi) is 5.58.